The van der Waals surface area contributed by atoms with Gasteiger partial charge in [0.2, 0.25) is 5.91 Å². The van der Waals surface area contributed by atoms with E-state index in [4.69, 9.17) is 18.0 Å². The number of carbonyl (C=O) groups excluding carboxylic acids is 1. The van der Waals surface area contributed by atoms with Crippen LogP contribution in [-0.2, 0) is 4.79 Å². The molecule has 0 spiro atoms. The molecule has 0 aliphatic heterocycles. The molecular weight excluding hydrogens is 278 g/mol. The highest BCUT2D eigenvalue weighted by Crippen LogP contribution is 2.20. The molecule has 1 amide bonds. The van der Waals surface area contributed by atoms with Crippen LogP contribution >= 0.6 is 23.6 Å². The van der Waals surface area contributed by atoms with Gasteiger partial charge in [0.1, 0.15) is 5.92 Å². The summed E-state index contributed by atoms with van der Waals surface area (Å²) in [5, 5.41) is 5.17. The lowest BCUT2D eigenvalue weighted by Crippen LogP contribution is -2.31. The van der Waals surface area contributed by atoms with Crippen LogP contribution in [0.5, 0.6) is 0 Å². The zero-order chi connectivity index (χ0) is 13.8. The minimum atomic E-state index is -0.639. The maximum atomic E-state index is 12.3. The van der Waals surface area contributed by atoms with Gasteiger partial charge in [0.15, 0.2) is 5.13 Å². The summed E-state index contributed by atoms with van der Waals surface area (Å²) in [6.45, 7) is 1.87. The predicted molar refractivity (Wildman–Crippen MR) is 81.4 cm³/mol. The number of thiazole rings is 1. The number of nitrogens with one attached hydrogen (secondary N) is 1. The van der Waals surface area contributed by atoms with Crippen molar-refractivity contribution in [2.45, 2.75) is 12.8 Å². The molecule has 0 aliphatic carbocycles. The van der Waals surface area contributed by atoms with Crippen molar-refractivity contribution in [3.8, 4) is 0 Å². The lowest BCUT2D eigenvalue weighted by Gasteiger charge is -2.14. The quantitative estimate of drug-likeness (QED) is 0.849. The average molecular weight is 291 g/mol. The van der Waals surface area contributed by atoms with Gasteiger partial charge in [-0.15, -0.1) is 11.3 Å². The highest BCUT2D eigenvalue weighted by atomic mass is 32.1. The second kappa shape index (κ2) is 5.90. The summed E-state index contributed by atoms with van der Waals surface area (Å²) in [6.07, 6.45) is 0. The molecule has 1 unspecified atom stereocenters. The first-order valence-electron chi connectivity index (χ1n) is 5.65. The zero-order valence-corrected chi connectivity index (χ0v) is 11.9. The van der Waals surface area contributed by atoms with Crippen LogP contribution in [0.1, 0.15) is 17.2 Å². The normalized spacial score (nSPS) is 11.8. The van der Waals surface area contributed by atoms with Crippen LogP contribution in [0.25, 0.3) is 0 Å². The first-order chi connectivity index (χ1) is 9.08. The Kier molecular flexibility index (Phi) is 4.24. The van der Waals surface area contributed by atoms with Gasteiger partial charge >= 0.3 is 0 Å². The number of hydrogen-bond donors (Lipinski definition) is 2. The molecule has 1 atom stereocenters. The van der Waals surface area contributed by atoms with Crippen molar-refractivity contribution in [3.05, 3.63) is 47.0 Å². The second-order valence-electron chi connectivity index (χ2n) is 4.03. The molecule has 0 fully saturated rings. The summed E-state index contributed by atoms with van der Waals surface area (Å²) < 4.78 is 0. The number of amides is 1. The lowest BCUT2D eigenvalue weighted by molar-refractivity contribution is -0.116. The summed E-state index contributed by atoms with van der Waals surface area (Å²) in [7, 11) is 0. The van der Waals surface area contributed by atoms with Gasteiger partial charge in [-0.3, -0.25) is 4.79 Å². The van der Waals surface area contributed by atoms with Crippen LogP contribution in [0.4, 0.5) is 5.13 Å². The predicted octanol–water partition coefficient (Wildman–Crippen LogP) is 2.46. The first kappa shape index (κ1) is 13.6. The van der Waals surface area contributed by atoms with Crippen molar-refractivity contribution in [2.75, 3.05) is 5.32 Å². The van der Waals surface area contributed by atoms with E-state index in [9.17, 15) is 4.79 Å². The Balaban J connectivity index is 2.20. The number of hydrogen-bond acceptors (Lipinski definition) is 4. The van der Waals surface area contributed by atoms with Crippen molar-refractivity contribution in [3.63, 3.8) is 0 Å². The van der Waals surface area contributed by atoms with E-state index < -0.39 is 5.92 Å². The van der Waals surface area contributed by atoms with Gasteiger partial charge in [-0.05, 0) is 12.5 Å². The lowest BCUT2D eigenvalue weighted by atomic mass is 9.98. The van der Waals surface area contributed by atoms with Gasteiger partial charge in [0.25, 0.3) is 0 Å². The summed E-state index contributed by atoms with van der Waals surface area (Å²) in [5.74, 6) is -0.895. The standard InChI is InChI=1S/C13H13N3OS2/c1-8-7-19-13(15-8)16-12(17)10(11(14)18)9-5-3-2-4-6-9/h2-7,10H,1H3,(H2,14,18)(H,15,16,17). The topological polar surface area (TPSA) is 68.0 Å². The average Bonchev–Trinajstić information content (AvgIpc) is 2.75. The number of nitrogens with zero attached hydrogens (tertiary/aromatic N) is 1. The van der Waals surface area contributed by atoms with Crippen LogP contribution in [0.3, 0.4) is 0 Å². The fourth-order valence-corrected chi connectivity index (χ4v) is 2.61. The molecule has 1 aromatic carbocycles. The largest absolute Gasteiger partial charge is 0.392 e. The Morgan fingerprint density at radius 2 is 2.11 bits per heavy atom. The molecule has 98 valence electrons. The van der Waals surface area contributed by atoms with E-state index in [1.165, 1.54) is 11.3 Å². The van der Waals surface area contributed by atoms with Crippen molar-refractivity contribution in [2.24, 2.45) is 5.73 Å². The first-order valence-corrected chi connectivity index (χ1v) is 6.94. The molecular formula is C13H13N3OS2. The van der Waals surface area contributed by atoms with Gasteiger partial charge < -0.3 is 11.1 Å². The second-order valence-corrected chi connectivity index (χ2v) is 5.36. The highest BCUT2D eigenvalue weighted by molar-refractivity contribution is 7.80. The molecule has 1 aromatic heterocycles. The van der Waals surface area contributed by atoms with E-state index >= 15 is 0 Å². The molecule has 0 saturated carbocycles. The van der Waals surface area contributed by atoms with E-state index in [0.29, 0.717) is 5.13 Å². The van der Waals surface area contributed by atoms with Crippen LogP contribution in [0, 0.1) is 6.92 Å². The number of aromatic nitrogens is 1. The smallest absolute Gasteiger partial charge is 0.240 e. The molecule has 6 heteroatoms. The van der Waals surface area contributed by atoms with E-state index in [1.54, 1.807) is 0 Å². The van der Waals surface area contributed by atoms with Gasteiger partial charge in [0, 0.05) is 5.38 Å². The molecule has 2 rings (SSSR count). The molecule has 2 aromatic rings. The molecule has 3 N–H and O–H groups in total. The van der Waals surface area contributed by atoms with E-state index in [2.05, 4.69) is 10.3 Å². The minimum Gasteiger partial charge on any atom is -0.392 e. The van der Waals surface area contributed by atoms with Crippen molar-refractivity contribution in [1.82, 2.24) is 4.98 Å². The molecule has 19 heavy (non-hydrogen) atoms. The van der Waals surface area contributed by atoms with Gasteiger partial charge in [-0.1, -0.05) is 42.5 Å². The Hall–Kier alpha value is -1.79. The number of rotatable bonds is 4. The number of aryl methyl sites for hydroxylation is 1. The van der Waals surface area contributed by atoms with Gasteiger partial charge in [-0.2, -0.15) is 0 Å². The molecule has 0 aliphatic rings. The van der Waals surface area contributed by atoms with Crippen LogP contribution in [0.15, 0.2) is 35.7 Å². The number of thiocarbonyl (C=S) groups is 1. The third-order valence-corrected chi connectivity index (χ3v) is 3.64. The van der Waals surface area contributed by atoms with Crippen molar-refractivity contribution < 1.29 is 4.79 Å². The Labute approximate surface area is 120 Å². The number of nitrogens with two attached hydrogens (primary N) is 1. The van der Waals surface area contributed by atoms with Crippen molar-refractivity contribution in [1.29, 1.82) is 0 Å². The Bertz CT molecular complexity index is 595. The fraction of sp³-hybridized carbons (Fsp3) is 0.154. The Morgan fingerprint density at radius 3 is 2.63 bits per heavy atom. The van der Waals surface area contributed by atoms with Crippen LogP contribution < -0.4 is 11.1 Å². The van der Waals surface area contributed by atoms with Crippen LogP contribution in [-0.4, -0.2) is 15.9 Å². The maximum absolute atomic E-state index is 12.3. The zero-order valence-electron chi connectivity index (χ0n) is 10.3. The highest BCUT2D eigenvalue weighted by Gasteiger charge is 2.24. The van der Waals surface area contributed by atoms with E-state index in [-0.39, 0.29) is 10.9 Å². The number of benzene rings is 1. The number of anilines is 1. The molecule has 0 bridgehead atoms. The van der Waals surface area contributed by atoms with E-state index in [0.717, 1.165) is 11.3 Å². The molecule has 1 heterocycles. The van der Waals surface area contributed by atoms with Gasteiger partial charge in [-0.25, -0.2) is 4.98 Å². The summed E-state index contributed by atoms with van der Waals surface area (Å²) in [5.41, 5.74) is 7.33. The monoisotopic (exact) mass is 291 g/mol. The summed E-state index contributed by atoms with van der Waals surface area (Å²) in [6, 6.07) is 9.23. The molecule has 4 nitrogen and oxygen atoms in total. The number of carbonyl (C=O) groups is 1. The summed E-state index contributed by atoms with van der Waals surface area (Å²) in [4.78, 5) is 16.6. The van der Waals surface area contributed by atoms with Gasteiger partial charge in [0.05, 0.1) is 10.7 Å². The Morgan fingerprint density at radius 1 is 1.42 bits per heavy atom. The molecule has 0 radical (unpaired) electrons. The summed E-state index contributed by atoms with van der Waals surface area (Å²) >= 11 is 6.37. The molecule has 0 saturated heterocycles. The van der Waals surface area contributed by atoms with Crippen molar-refractivity contribution >= 4 is 39.6 Å². The third-order valence-electron chi connectivity index (χ3n) is 2.53. The fourth-order valence-electron chi connectivity index (χ4n) is 1.68. The third kappa shape index (κ3) is 3.36. The van der Waals surface area contributed by atoms with Crippen LogP contribution in [0.2, 0.25) is 0 Å². The maximum Gasteiger partial charge on any atom is 0.240 e. The SMILES string of the molecule is Cc1csc(NC(=O)C(C(N)=S)c2ccccc2)n1. The minimum absolute atomic E-state index is 0.150. The van der Waals surface area contributed by atoms with E-state index in [1.807, 2.05) is 42.6 Å².